The summed E-state index contributed by atoms with van der Waals surface area (Å²) in [5.41, 5.74) is 3.29. The maximum atomic E-state index is 12.6. The summed E-state index contributed by atoms with van der Waals surface area (Å²) in [6.45, 7) is 3.94. The van der Waals surface area contributed by atoms with Crippen molar-refractivity contribution in [2.75, 3.05) is 20.3 Å². The molecular weight excluding hydrogens is 412 g/mol. The number of piperidine rings is 1. The smallest absolute Gasteiger partial charge is 0.341 e. The van der Waals surface area contributed by atoms with E-state index in [1.54, 1.807) is 13.3 Å². The highest BCUT2D eigenvalue weighted by Crippen LogP contribution is 2.38. The van der Waals surface area contributed by atoms with Gasteiger partial charge in [0.25, 0.3) is 0 Å². The van der Waals surface area contributed by atoms with Gasteiger partial charge < -0.3 is 9.47 Å². The predicted octanol–water partition coefficient (Wildman–Crippen LogP) is 4.17. The van der Waals surface area contributed by atoms with Gasteiger partial charge in [0.05, 0.1) is 31.3 Å². The highest BCUT2D eigenvalue weighted by Gasteiger charge is 2.38. The normalized spacial score (nSPS) is 20.3. The maximum Gasteiger partial charge on any atom is 0.341 e. The van der Waals surface area contributed by atoms with E-state index in [1.807, 2.05) is 41.3 Å². The number of hydrogen-bond acceptors (Lipinski definition) is 7. The van der Waals surface area contributed by atoms with Crippen LogP contribution in [0, 0.1) is 5.92 Å². The Morgan fingerprint density at radius 1 is 1.26 bits per heavy atom. The minimum absolute atomic E-state index is 0.319. The summed E-state index contributed by atoms with van der Waals surface area (Å²) in [6.07, 6.45) is 5.45. The Morgan fingerprint density at radius 2 is 2.10 bits per heavy atom. The molecule has 2 aliphatic rings. The minimum atomic E-state index is -0.319. The third-order valence-electron chi connectivity index (χ3n) is 6.30. The fourth-order valence-electron chi connectivity index (χ4n) is 4.74. The van der Waals surface area contributed by atoms with E-state index in [4.69, 9.17) is 14.5 Å². The second-order valence-electron chi connectivity index (χ2n) is 8.14. The number of fused-ring (bicyclic) bond motifs is 2. The lowest BCUT2D eigenvalue weighted by molar-refractivity contribution is 0.0523. The van der Waals surface area contributed by atoms with Gasteiger partial charge in [0.1, 0.15) is 11.3 Å². The van der Waals surface area contributed by atoms with Crippen LogP contribution in [0.1, 0.15) is 42.2 Å². The number of likely N-dealkylation sites (tertiary alicyclic amines) is 1. The fourth-order valence-corrected chi connectivity index (χ4v) is 5.55. The Labute approximate surface area is 185 Å². The molecule has 0 amide bonds. The van der Waals surface area contributed by atoms with Crippen molar-refractivity contribution < 1.29 is 14.3 Å². The van der Waals surface area contributed by atoms with Crippen molar-refractivity contribution in [1.82, 2.24) is 19.7 Å². The van der Waals surface area contributed by atoms with Gasteiger partial charge in [-0.05, 0) is 56.4 Å². The Hall–Kier alpha value is -2.71. The zero-order valence-electron chi connectivity index (χ0n) is 17.8. The highest BCUT2D eigenvalue weighted by molar-refractivity contribution is 7.12. The lowest BCUT2D eigenvalue weighted by Gasteiger charge is -2.27. The van der Waals surface area contributed by atoms with E-state index in [0.717, 1.165) is 40.3 Å². The van der Waals surface area contributed by atoms with Crippen LogP contribution in [-0.4, -0.2) is 51.9 Å². The van der Waals surface area contributed by atoms with Gasteiger partial charge in [-0.2, -0.15) is 5.10 Å². The quantitative estimate of drug-likeness (QED) is 0.516. The average molecular weight is 439 g/mol. The number of carbonyl (C=O) groups excluding carboxylic acids is 1. The molecule has 2 bridgehead atoms. The van der Waals surface area contributed by atoms with Gasteiger partial charge in [0.2, 0.25) is 5.13 Å². The molecule has 0 N–H and O–H groups in total. The molecule has 2 atom stereocenters. The van der Waals surface area contributed by atoms with Crippen LogP contribution in [0.3, 0.4) is 0 Å². The lowest BCUT2D eigenvalue weighted by Crippen LogP contribution is -2.33. The molecule has 3 heterocycles. The van der Waals surface area contributed by atoms with Crippen LogP contribution >= 0.6 is 11.3 Å². The lowest BCUT2D eigenvalue weighted by atomic mass is 10.1. The molecule has 1 saturated carbocycles. The molecule has 1 aliphatic carbocycles. The first-order valence-corrected chi connectivity index (χ1v) is 11.6. The summed E-state index contributed by atoms with van der Waals surface area (Å²) >= 11 is 1.52. The molecule has 31 heavy (non-hydrogen) atoms. The average Bonchev–Trinajstić information content (AvgIpc) is 3.58. The zero-order valence-corrected chi connectivity index (χ0v) is 18.6. The van der Waals surface area contributed by atoms with Crippen LogP contribution in [0.25, 0.3) is 16.4 Å². The first-order chi connectivity index (χ1) is 15.2. The summed E-state index contributed by atoms with van der Waals surface area (Å²) in [5.74, 6) is 1.28. The van der Waals surface area contributed by atoms with Crippen molar-refractivity contribution in [3.05, 3.63) is 47.1 Å². The van der Waals surface area contributed by atoms with E-state index in [2.05, 4.69) is 10.00 Å². The van der Waals surface area contributed by atoms with Crippen molar-refractivity contribution in [3.8, 4) is 22.1 Å². The van der Waals surface area contributed by atoms with Crippen LogP contribution in [0.5, 0.6) is 5.75 Å². The van der Waals surface area contributed by atoms with Gasteiger partial charge in [-0.25, -0.2) is 14.5 Å². The van der Waals surface area contributed by atoms with Gasteiger partial charge in [-0.3, -0.25) is 4.90 Å². The summed E-state index contributed by atoms with van der Waals surface area (Å²) in [7, 11) is 1.66. The summed E-state index contributed by atoms with van der Waals surface area (Å²) in [4.78, 5) is 19.9. The molecule has 162 valence electrons. The summed E-state index contributed by atoms with van der Waals surface area (Å²) < 4.78 is 12.4. The fraction of sp³-hybridized carbons (Fsp3) is 0.435. The third kappa shape index (κ3) is 3.85. The zero-order chi connectivity index (χ0) is 21.4. The van der Waals surface area contributed by atoms with Crippen LogP contribution in [-0.2, 0) is 11.3 Å². The predicted molar refractivity (Wildman–Crippen MR) is 119 cm³/mol. The Bertz CT molecular complexity index is 1070. The van der Waals surface area contributed by atoms with Crippen LogP contribution < -0.4 is 4.74 Å². The molecule has 1 aliphatic heterocycles. The van der Waals surface area contributed by atoms with Crippen LogP contribution in [0.2, 0.25) is 0 Å². The number of ether oxygens (including phenoxy) is 2. The molecule has 0 spiro atoms. The Balaban J connectivity index is 1.47. The second-order valence-corrected chi connectivity index (χ2v) is 8.98. The number of methoxy groups -OCH3 is 1. The monoisotopic (exact) mass is 438 g/mol. The summed E-state index contributed by atoms with van der Waals surface area (Å²) in [5, 5.41) is 7.31. The molecule has 7 nitrogen and oxygen atoms in total. The van der Waals surface area contributed by atoms with E-state index < -0.39 is 0 Å². The molecule has 5 rings (SSSR count). The number of nitrogens with zero attached hydrogens (tertiary/aromatic N) is 4. The molecule has 0 unspecified atom stereocenters. The number of carbonyl (C=O) groups is 1. The van der Waals surface area contributed by atoms with E-state index >= 15 is 0 Å². The summed E-state index contributed by atoms with van der Waals surface area (Å²) in [6, 6.07) is 8.44. The van der Waals surface area contributed by atoms with Crippen molar-refractivity contribution in [1.29, 1.82) is 0 Å². The van der Waals surface area contributed by atoms with Gasteiger partial charge in [-0.15, -0.1) is 11.3 Å². The molecule has 3 aromatic rings. The first kappa shape index (κ1) is 20.2. The topological polar surface area (TPSA) is 69.5 Å². The Morgan fingerprint density at radius 3 is 2.77 bits per heavy atom. The minimum Gasteiger partial charge on any atom is -0.497 e. The van der Waals surface area contributed by atoms with Crippen molar-refractivity contribution >= 4 is 17.3 Å². The number of aromatic nitrogens is 3. The molecule has 1 saturated heterocycles. The second kappa shape index (κ2) is 8.43. The van der Waals surface area contributed by atoms with Crippen molar-refractivity contribution in [2.45, 2.75) is 38.8 Å². The maximum absolute atomic E-state index is 12.6. The first-order valence-electron chi connectivity index (χ1n) is 10.7. The Kier molecular flexibility index (Phi) is 5.50. The highest BCUT2D eigenvalue weighted by atomic mass is 32.1. The van der Waals surface area contributed by atoms with Gasteiger partial charge in [-0.1, -0.05) is 0 Å². The van der Waals surface area contributed by atoms with E-state index in [1.165, 1.54) is 30.6 Å². The van der Waals surface area contributed by atoms with Crippen molar-refractivity contribution in [2.24, 2.45) is 5.92 Å². The molecule has 1 aromatic carbocycles. The number of rotatable bonds is 7. The van der Waals surface area contributed by atoms with E-state index in [9.17, 15) is 4.79 Å². The van der Waals surface area contributed by atoms with E-state index in [0.29, 0.717) is 24.8 Å². The SMILES string of the molecule is CCOC(=O)c1cnn(-c2nc(-c3ccc(OC)cc3)cs2)c1CN1C[C@@H]2CC[C@@H]1C2. The number of hydrogen-bond donors (Lipinski definition) is 0. The third-order valence-corrected chi connectivity index (χ3v) is 7.11. The van der Waals surface area contributed by atoms with Gasteiger partial charge >= 0.3 is 5.97 Å². The molecule has 0 radical (unpaired) electrons. The van der Waals surface area contributed by atoms with Crippen LogP contribution in [0.15, 0.2) is 35.8 Å². The van der Waals surface area contributed by atoms with Gasteiger partial charge in [0, 0.05) is 30.1 Å². The standard InChI is InChI=1S/C23H26N4O3S/c1-3-30-22(28)19-11-24-27(21(19)13-26-12-15-4-7-17(26)10-15)23-25-20(14-31-23)16-5-8-18(29-2)9-6-16/h5-6,8-9,11,14-15,17H,3-4,7,10,12-13H2,1-2H3/t15-,17-/m1/s1. The van der Waals surface area contributed by atoms with Crippen molar-refractivity contribution in [3.63, 3.8) is 0 Å². The number of benzene rings is 1. The van der Waals surface area contributed by atoms with Crippen LogP contribution in [0.4, 0.5) is 0 Å². The molecule has 2 fully saturated rings. The number of thiazole rings is 1. The molecule has 2 aromatic heterocycles. The number of esters is 1. The molecule has 8 heteroatoms. The largest absolute Gasteiger partial charge is 0.497 e. The van der Waals surface area contributed by atoms with E-state index in [-0.39, 0.29) is 5.97 Å². The molecular formula is C23H26N4O3S. The van der Waals surface area contributed by atoms with Gasteiger partial charge in [0.15, 0.2) is 0 Å².